The lowest BCUT2D eigenvalue weighted by atomic mass is 9.67. The van der Waals surface area contributed by atoms with Crippen molar-refractivity contribution < 1.29 is 9.53 Å². The van der Waals surface area contributed by atoms with Gasteiger partial charge in [-0.2, -0.15) is 0 Å². The van der Waals surface area contributed by atoms with Gasteiger partial charge < -0.3 is 10.1 Å². The summed E-state index contributed by atoms with van der Waals surface area (Å²) in [5.74, 6) is 0.851. The molecule has 0 aliphatic carbocycles. The average Bonchev–Trinajstić information content (AvgIpc) is 2.89. The summed E-state index contributed by atoms with van der Waals surface area (Å²) in [6.07, 6.45) is 1.07. The third kappa shape index (κ3) is 5.15. The van der Waals surface area contributed by atoms with Gasteiger partial charge in [-0.3, -0.25) is 4.79 Å². The van der Waals surface area contributed by atoms with Crippen LogP contribution >= 0.6 is 0 Å². The van der Waals surface area contributed by atoms with E-state index in [2.05, 4.69) is 47.8 Å². The van der Waals surface area contributed by atoms with Crippen molar-refractivity contribution >= 4 is 5.91 Å². The van der Waals surface area contributed by atoms with E-state index in [1.807, 2.05) is 72.8 Å². The van der Waals surface area contributed by atoms with Crippen LogP contribution in [0.1, 0.15) is 28.7 Å². The van der Waals surface area contributed by atoms with E-state index in [4.69, 9.17) is 4.74 Å². The Hall–Kier alpha value is -3.85. The van der Waals surface area contributed by atoms with Crippen LogP contribution in [0.2, 0.25) is 0 Å². The van der Waals surface area contributed by atoms with E-state index < -0.39 is 5.41 Å². The third-order valence-corrected chi connectivity index (χ3v) is 6.10. The van der Waals surface area contributed by atoms with Crippen molar-refractivity contribution in [2.45, 2.75) is 18.3 Å². The Balaban J connectivity index is 1.63. The van der Waals surface area contributed by atoms with Crippen molar-refractivity contribution in [1.29, 1.82) is 0 Å². The molecule has 166 valence electrons. The van der Waals surface area contributed by atoms with Crippen LogP contribution in [-0.4, -0.2) is 19.6 Å². The van der Waals surface area contributed by atoms with Crippen LogP contribution in [0.25, 0.3) is 0 Å². The summed E-state index contributed by atoms with van der Waals surface area (Å²) in [6, 6.07) is 38.9. The molecule has 4 aromatic rings. The van der Waals surface area contributed by atoms with Crippen LogP contribution in [0.15, 0.2) is 115 Å². The monoisotopic (exact) mass is 435 g/mol. The summed E-state index contributed by atoms with van der Waals surface area (Å²) in [6.45, 7) is 0.570. The fourth-order valence-corrected chi connectivity index (χ4v) is 4.45. The van der Waals surface area contributed by atoms with Gasteiger partial charge in [0.15, 0.2) is 0 Å². The van der Waals surface area contributed by atoms with Crippen molar-refractivity contribution in [2.24, 2.45) is 0 Å². The molecule has 0 saturated heterocycles. The van der Waals surface area contributed by atoms with Gasteiger partial charge in [0, 0.05) is 13.0 Å². The van der Waals surface area contributed by atoms with Crippen molar-refractivity contribution in [2.75, 3.05) is 13.7 Å². The van der Waals surface area contributed by atoms with E-state index in [1.165, 1.54) is 0 Å². The van der Waals surface area contributed by atoms with E-state index in [9.17, 15) is 4.79 Å². The van der Waals surface area contributed by atoms with Gasteiger partial charge in [-0.05, 0) is 40.8 Å². The van der Waals surface area contributed by atoms with Gasteiger partial charge in [-0.25, -0.2) is 0 Å². The summed E-state index contributed by atoms with van der Waals surface area (Å²) < 4.78 is 5.31. The van der Waals surface area contributed by atoms with Crippen LogP contribution in [0.4, 0.5) is 0 Å². The first kappa shape index (κ1) is 22.3. The summed E-state index contributed by atoms with van der Waals surface area (Å²) >= 11 is 0. The molecule has 0 unspecified atom stereocenters. The van der Waals surface area contributed by atoms with Gasteiger partial charge in [0.25, 0.3) is 0 Å². The van der Waals surface area contributed by atoms with Crippen LogP contribution in [0.5, 0.6) is 5.75 Å². The van der Waals surface area contributed by atoms with Crippen molar-refractivity contribution in [3.63, 3.8) is 0 Å². The molecule has 0 radical (unpaired) electrons. The summed E-state index contributed by atoms with van der Waals surface area (Å²) in [7, 11) is 1.66. The van der Waals surface area contributed by atoms with E-state index in [0.29, 0.717) is 13.0 Å². The van der Waals surface area contributed by atoms with Gasteiger partial charge in [0.1, 0.15) is 5.75 Å². The Morgan fingerprint density at radius 2 is 1.24 bits per heavy atom. The third-order valence-electron chi connectivity index (χ3n) is 6.10. The molecule has 0 bridgehead atoms. The molecule has 1 N–H and O–H groups in total. The topological polar surface area (TPSA) is 38.3 Å². The lowest BCUT2D eigenvalue weighted by Gasteiger charge is -2.35. The quantitative estimate of drug-likeness (QED) is 0.339. The number of carbonyl (C=O) groups excluding carboxylic acids is 1. The second-order valence-corrected chi connectivity index (χ2v) is 8.13. The van der Waals surface area contributed by atoms with Gasteiger partial charge in [-0.15, -0.1) is 0 Å². The Bertz CT molecular complexity index is 1060. The van der Waals surface area contributed by atoms with Crippen molar-refractivity contribution in [3.8, 4) is 5.75 Å². The molecule has 0 fully saturated rings. The summed E-state index contributed by atoms with van der Waals surface area (Å²) in [5.41, 5.74) is 3.86. The number of carbonyl (C=O) groups is 1. The van der Waals surface area contributed by atoms with Gasteiger partial charge in [-0.1, -0.05) is 103 Å². The number of ether oxygens (including phenoxy) is 1. The maximum atomic E-state index is 13.4. The molecule has 0 heterocycles. The molecule has 4 rings (SSSR count). The van der Waals surface area contributed by atoms with Crippen molar-refractivity contribution in [1.82, 2.24) is 5.32 Å². The average molecular weight is 436 g/mol. The second-order valence-electron chi connectivity index (χ2n) is 8.13. The highest BCUT2D eigenvalue weighted by atomic mass is 16.5. The van der Waals surface area contributed by atoms with Crippen LogP contribution < -0.4 is 10.1 Å². The molecule has 0 aromatic heterocycles. The Morgan fingerprint density at radius 3 is 1.73 bits per heavy atom. The first-order chi connectivity index (χ1) is 16.2. The first-order valence-electron chi connectivity index (χ1n) is 11.3. The maximum Gasteiger partial charge on any atom is 0.221 e. The SMILES string of the molecule is COc1cccc(CCNC(=O)CC(c2ccccc2)(c2ccccc2)c2ccccc2)c1. The zero-order chi connectivity index (χ0) is 22.9. The lowest BCUT2D eigenvalue weighted by Crippen LogP contribution is -2.37. The highest BCUT2D eigenvalue weighted by molar-refractivity contribution is 5.80. The Morgan fingerprint density at radius 1 is 0.727 bits per heavy atom. The highest BCUT2D eigenvalue weighted by Crippen LogP contribution is 2.42. The minimum Gasteiger partial charge on any atom is -0.497 e. The number of amides is 1. The summed E-state index contributed by atoms with van der Waals surface area (Å²) in [4.78, 5) is 13.4. The highest BCUT2D eigenvalue weighted by Gasteiger charge is 2.38. The molecule has 33 heavy (non-hydrogen) atoms. The largest absolute Gasteiger partial charge is 0.497 e. The molecule has 0 aliphatic rings. The predicted octanol–water partition coefficient (Wildman–Crippen LogP) is 5.78. The van der Waals surface area contributed by atoms with Gasteiger partial charge in [0.2, 0.25) is 5.91 Å². The number of nitrogens with one attached hydrogen (secondary N) is 1. The van der Waals surface area contributed by atoms with Crippen LogP contribution in [0, 0.1) is 0 Å². The fraction of sp³-hybridized carbons (Fsp3) is 0.167. The standard InChI is InChI=1S/C30H29NO2/c1-33-28-19-11-12-24(22-28)20-21-31-29(32)23-30(25-13-5-2-6-14-25,26-15-7-3-8-16-26)27-17-9-4-10-18-27/h2-19,22H,20-21,23H2,1H3,(H,31,32). The molecular formula is C30H29NO2. The number of benzene rings is 4. The summed E-state index contributed by atoms with van der Waals surface area (Å²) in [5, 5.41) is 3.15. The predicted molar refractivity (Wildman–Crippen MR) is 134 cm³/mol. The first-order valence-corrected chi connectivity index (χ1v) is 11.3. The van der Waals surface area contributed by atoms with Crippen molar-refractivity contribution in [3.05, 3.63) is 138 Å². The molecule has 3 heteroatoms. The second kappa shape index (κ2) is 10.6. The maximum absolute atomic E-state index is 13.4. The minimum absolute atomic E-state index is 0.0226. The lowest BCUT2D eigenvalue weighted by molar-refractivity contribution is -0.121. The normalized spacial score (nSPS) is 11.1. The number of hydrogen-bond acceptors (Lipinski definition) is 2. The number of rotatable bonds is 9. The smallest absolute Gasteiger partial charge is 0.221 e. The van der Waals surface area contributed by atoms with E-state index in [-0.39, 0.29) is 5.91 Å². The molecular weight excluding hydrogens is 406 g/mol. The van der Waals surface area contributed by atoms with Crippen LogP contribution in [0.3, 0.4) is 0 Å². The zero-order valence-corrected chi connectivity index (χ0v) is 18.9. The molecule has 0 saturated carbocycles. The minimum atomic E-state index is -0.580. The van der Waals surface area contributed by atoms with E-state index in [0.717, 1.165) is 34.4 Å². The molecule has 4 aromatic carbocycles. The van der Waals surface area contributed by atoms with Crippen LogP contribution in [-0.2, 0) is 16.6 Å². The molecule has 0 atom stereocenters. The number of methoxy groups -OCH3 is 1. The Labute approximate surface area is 196 Å². The molecule has 1 amide bonds. The molecule has 3 nitrogen and oxygen atoms in total. The van der Waals surface area contributed by atoms with Gasteiger partial charge >= 0.3 is 0 Å². The molecule has 0 aliphatic heterocycles. The van der Waals surface area contributed by atoms with E-state index in [1.54, 1.807) is 7.11 Å². The molecule has 0 spiro atoms. The van der Waals surface area contributed by atoms with Gasteiger partial charge in [0.05, 0.1) is 12.5 Å². The van der Waals surface area contributed by atoms with E-state index >= 15 is 0 Å². The number of hydrogen-bond donors (Lipinski definition) is 1. The zero-order valence-electron chi connectivity index (χ0n) is 18.9. The Kier molecular flexibility index (Phi) is 7.21. The fourth-order valence-electron chi connectivity index (χ4n) is 4.45.